The number of ether oxygens (including phenoxy) is 2. The van der Waals surface area contributed by atoms with Crippen LogP contribution < -0.4 is 4.74 Å². The van der Waals surface area contributed by atoms with Crippen LogP contribution >= 0.6 is 0 Å². The molecule has 0 aromatic heterocycles. The Morgan fingerprint density at radius 1 is 1.23 bits per heavy atom. The lowest BCUT2D eigenvalue weighted by molar-refractivity contribution is 0.121. The van der Waals surface area contributed by atoms with Gasteiger partial charge in [0.05, 0.1) is 25.2 Å². The minimum Gasteiger partial charge on any atom is -0.508 e. The zero-order valence-electron chi connectivity index (χ0n) is 15.1. The molecular weight excluding hydrogens is 354 g/mol. The van der Waals surface area contributed by atoms with Crippen molar-refractivity contribution in [1.29, 1.82) is 0 Å². The number of fused-ring (bicyclic) bond motifs is 1. The number of sulfone groups is 1. The van der Waals surface area contributed by atoms with Crippen LogP contribution in [0, 0.1) is 0 Å². The van der Waals surface area contributed by atoms with E-state index in [4.69, 9.17) is 9.47 Å². The topological polar surface area (TPSA) is 76.1 Å². The van der Waals surface area contributed by atoms with Gasteiger partial charge in [0.2, 0.25) is 0 Å². The Balaban J connectivity index is 1.96. The highest BCUT2D eigenvalue weighted by Crippen LogP contribution is 2.32. The van der Waals surface area contributed by atoms with Crippen molar-refractivity contribution in [2.24, 2.45) is 0 Å². The molecule has 7 heteroatoms. The van der Waals surface area contributed by atoms with Crippen molar-refractivity contribution in [2.45, 2.75) is 19.0 Å². The summed E-state index contributed by atoms with van der Waals surface area (Å²) in [6.07, 6.45) is 0.612. The summed E-state index contributed by atoms with van der Waals surface area (Å²) >= 11 is 0. The number of benzene rings is 2. The van der Waals surface area contributed by atoms with E-state index in [1.54, 1.807) is 20.3 Å². The fourth-order valence-corrected chi connectivity index (χ4v) is 5.27. The maximum absolute atomic E-state index is 11.9. The van der Waals surface area contributed by atoms with Crippen LogP contribution in [0.1, 0.15) is 12.0 Å². The van der Waals surface area contributed by atoms with E-state index in [2.05, 4.69) is 4.90 Å². The Kier molecular flexibility index (Phi) is 5.70. The quantitative estimate of drug-likeness (QED) is 0.795. The van der Waals surface area contributed by atoms with Gasteiger partial charge in [-0.25, -0.2) is 8.42 Å². The Morgan fingerprint density at radius 2 is 2.00 bits per heavy atom. The lowest BCUT2D eigenvalue weighted by atomic mass is 10.0. The second-order valence-electron chi connectivity index (χ2n) is 6.67. The average molecular weight is 379 g/mol. The van der Waals surface area contributed by atoms with Crippen molar-refractivity contribution in [3.63, 3.8) is 0 Å². The molecule has 0 radical (unpaired) electrons. The molecule has 26 heavy (non-hydrogen) atoms. The molecule has 1 fully saturated rings. The van der Waals surface area contributed by atoms with E-state index in [9.17, 15) is 13.5 Å². The summed E-state index contributed by atoms with van der Waals surface area (Å²) < 4.78 is 34.3. The molecule has 1 saturated heterocycles. The van der Waals surface area contributed by atoms with Gasteiger partial charge in [-0.05, 0) is 35.4 Å². The number of phenols is 1. The number of aromatic hydroxyl groups is 1. The van der Waals surface area contributed by atoms with Gasteiger partial charge in [-0.1, -0.05) is 12.1 Å². The van der Waals surface area contributed by atoms with Gasteiger partial charge in [0.15, 0.2) is 9.84 Å². The summed E-state index contributed by atoms with van der Waals surface area (Å²) in [6, 6.07) is 9.24. The van der Waals surface area contributed by atoms with Crippen molar-refractivity contribution in [3.05, 3.63) is 35.9 Å². The molecule has 0 spiro atoms. The van der Waals surface area contributed by atoms with E-state index >= 15 is 0 Å². The SMILES string of the molecule is COCCN(Cc1c(O)ccc2ccc(OC)cc12)[C@H]1CCS(=O)(=O)C1. The molecule has 1 atom stereocenters. The summed E-state index contributed by atoms with van der Waals surface area (Å²) in [4.78, 5) is 2.10. The monoisotopic (exact) mass is 379 g/mol. The lowest BCUT2D eigenvalue weighted by Gasteiger charge is -2.28. The summed E-state index contributed by atoms with van der Waals surface area (Å²) in [5, 5.41) is 12.4. The standard InChI is InChI=1S/C19H25NO5S/c1-24-9-8-20(15-7-10-26(22,23)13-15)12-18-17-11-16(25-2)5-3-14(17)4-6-19(18)21/h3-6,11,15,21H,7-10,12-13H2,1-2H3/t15-/m0/s1. The zero-order chi connectivity index (χ0) is 18.7. The Hall–Kier alpha value is -1.83. The van der Waals surface area contributed by atoms with Crippen molar-refractivity contribution < 1.29 is 23.0 Å². The van der Waals surface area contributed by atoms with Crippen LogP contribution in [0.4, 0.5) is 0 Å². The van der Waals surface area contributed by atoms with Crippen LogP contribution in [0.3, 0.4) is 0 Å². The first-order valence-corrected chi connectivity index (χ1v) is 10.5. The fraction of sp³-hybridized carbons (Fsp3) is 0.474. The average Bonchev–Trinajstić information content (AvgIpc) is 2.99. The minimum atomic E-state index is -2.99. The molecule has 0 unspecified atom stereocenters. The van der Waals surface area contributed by atoms with E-state index in [1.165, 1.54) is 0 Å². The number of phenolic OH excluding ortho intramolecular Hbond substituents is 1. The highest BCUT2D eigenvalue weighted by molar-refractivity contribution is 7.91. The molecule has 1 aliphatic heterocycles. The van der Waals surface area contributed by atoms with E-state index in [0.29, 0.717) is 26.1 Å². The predicted octanol–water partition coefficient (Wildman–Crippen LogP) is 2.19. The van der Waals surface area contributed by atoms with Crippen LogP contribution in [0.25, 0.3) is 10.8 Å². The van der Waals surface area contributed by atoms with Gasteiger partial charge in [0, 0.05) is 31.8 Å². The minimum absolute atomic E-state index is 0.0598. The third-order valence-electron chi connectivity index (χ3n) is 4.98. The third-order valence-corrected chi connectivity index (χ3v) is 6.73. The summed E-state index contributed by atoms with van der Waals surface area (Å²) in [7, 11) is 0.252. The number of nitrogens with zero attached hydrogens (tertiary/aromatic N) is 1. The molecule has 1 aliphatic rings. The van der Waals surface area contributed by atoms with E-state index in [-0.39, 0.29) is 23.3 Å². The van der Waals surface area contributed by atoms with E-state index in [1.807, 2.05) is 24.3 Å². The molecule has 0 saturated carbocycles. The van der Waals surface area contributed by atoms with Gasteiger partial charge in [-0.15, -0.1) is 0 Å². The molecule has 1 N–H and O–H groups in total. The fourth-order valence-electron chi connectivity index (χ4n) is 3.51. The second-order valence-corrected chi connectivity index (χ2v) is 8.90. The van der Waals surface area contributed by atoms with Crippen LogP contribution in [-0.4, -0.2) is 63.3 Å². The summed E-state index contributed by atoms with van der Waals surface area (Å²) in [5.74, 6) is 1.30. The maximum atomic E-state index is 11.9. The summed E-state index contributed by atoms with van der Waals surface area (Å²) in [6.45, 7) is 1.57. The van der Waals surface area contributed by atoms with Crippen molar-refractivity contribution in [3.8, 4) is 11.5 Å². The predicted molar refractivity (Wildman–Crippen MR) is 102 cm³/mol. The first-order valence-electron chi connectivity index (χ1n) is 8.65. The number of hydrogen-bond acceptors (Lipinski definition) is 6. The van der Waals surface area contributed by atoms with Gasteiger partial charge >= 0.3 is 0 Å². The largest absolute Gasteiger partial charge is 0.508 e. The van der Waals surface area contributed by atoms with Gasteiger partial charge in [-0.3, -0.25) is 4.90 Å². The van der Waals surface area contributed by atoms with Gasteiger partial charge in [-0.2, -0.15) is 0 Å². The van der Waals surface area contributed by atoms with E-state index < -0.39 is 9.84 Å². The van der Waals surface area contributed by atoms with Crippen molar-refractivity contribution >= 4 is 20.6 Å². The second kappa shape index (κ2) is 7.82. The van der Waals surface area contributed by atoms with Crippen LogP contribution in [0.2, 0.25) is 0 Å². The van der Waals surface area contributed by atoms with Gasteiger partial charge < -0.3 is 14.6 Å². The lowest BCUT2D eigenvalue weighted by Crippen LogP contribution is -2.38. The molecule has 2 aromatic carbocycles. The smallest absolute Gasteiger partial charge is 0.151 e. The van der Waals surface area contributed by atoms with Gasteiger partial charge in [0.25, 0.3) is 0 Å². The highest BCUT2D eigenvalue weighted by atomic mass is 32.2. The van der Waals surface area contributed by atoms with Crippen molar-refractivity contribution in [1.82, 2.24) is 4.90 Å². The molecule has 0 aliphatic carbocycles. The Morgan fingerprint density at radius 3 is 2.65 bits per heavy atom. The molecule has 0 bridgehead atoms. The van der Waals surface area contributed by atoms with Crippen LogP contribution in [0.15, 0.2) is 30.3 Å². The normalized spacial score (nSPS) is 19.3. The first-order chi connectivity index (χ1) is 12.4. The van der Waals surface area contributed by atoms with Crippen LogP contribution in [-0.2, 0) is 21.1 Å². The maximum Gasteiger partial charge on any atom is 0.151 e. The highest BCUT2D eigenvalue weighted by Gasteiger charge is 2.32. The molecule has 3 rings (SSSR count). The van der Waals surface area contributed by atoms with Gasteiger partial charge in [0.1, 0.15) is 11.5 Å². The number of methoxy groups -OCH3 is 2. The first kappa shape index (κ1) is 18.9. The zero-order valence-corrected chi connectivity index (χ0v) is 16.0. The Bertz CT molecular complexity index is 881. The molecule has 142 valence electrons. The number of hydrogen-bond donors (Lipinski definition) is 1. The van der Waals surface area contributed by atoms with Crippen molar-refractivity contribution in [2.75, 3.05) is 38.9 Å². The summed E-state index contributed by atoms with van der Waals surface area (Å²) in [5.41, 5.74) is 0.779. The molecular formula is C19H25NO5S. The number of rotatable bonds is 7. The molecule has 1 heterocycles. The molecule has 2 aromatic rings. The molecule has 6 nitrogen and oxygen atoms in total. The Labute approximate surface area is 154 Å². The third kappa shape index (κ3) is 4.11. The molecule has 0 amide bonds. The van der Waals surface area contributed by atoms with E-state index in [0.717, 1.165) is 22.1 Å². The van der Waals surface area contributed by atoms with Crippen LogP contribution in [0.5, 0.6) is 11.5 Å².